The Kier molecular flexibility index (Phi) is 1.49. The van der Waals surface area contributed by atoms with Crippen molar-refractivity contribution in [2.75, 3.05) is 19.8 Å². The fraction of sp³-hybridized carbons (Fsp3) is 0.556. The van der Waals surface area contributed by atoms with Crippen LogP contribution in [-0.4, -0.2) is 19.8 Å². The Labute approximate surface area is 75.4 Å². The molecule has 0 aliphatic carbocycles. The van der Waals surface area contributed by atoms with E-state index in [0.29, 0.717) is 31.5 Å². The molecule has 2 bridgehead atoms. The van der Waals surface area contributed by atoms with Crippen molar-refractivity contribution >= 4 is 0 Å². The predicted octanol–water partition coefficient (Wildman–Crippen LogP) is 1.08. The molecule has 3 fully saturated rings. The smallest absolute Gasteiger partial charge is 0.346 e. The van der Waals surface area contributed by atoms with E-state index in [-0.39, 0.29) is 0 Å². The molecule has 0 aromatic carbocycles. The molecule has 0 radical (unpaired) electrons. The molecule has 0 saturated carbocycles. The molecule has 0 amide bonds. The van der Waals surface area contributed by atoms with Crippen molar-refractivity contribution in [1.29, 1.82) is 0 Å². The van der Waals surface area contributed by atoms with Crippen LogP contribution in [0.15, 0.2) is 22.8 Å². The first kappa shape index (κ1) is 7.55. The number of furan rings is 1. The summed E-state index contributed by atoms with van der Waals surface area (Å²) in [7, 11) is 0. The average Bonchev–Trinajstić information content (AvgIpc) is 2.74. The van der Waals surface area contributed by atoms with Crippen LogP contribution in [0.3, 0.4) is 0 Å². The third-order valence-corrected chi connectivity index (χ3v) is 2.35. The monoisotopic (exact) mass is 182 g/mol. The molecule has 13 heavy (non-hydrogen) atoms. The van der Waals surface area contributed by atoms with Crippen LogP contribution in [0, 0.1) is 5.92 Å². The second-order valence-electron chi connectivity index (χ2n) is 3.33. The van der Waals surface area contributed by atoms with E-state index in [1.807, 2.05) is 0 Å². The molecule has 3 aliphatic heterocycles. The molecule has 1 aromatic rings. The topological polar surface area (TPSA) is 40.8 Å². The number of fused-ring (bicyclic) bond motifs is 3. The van der Waals surface area contributed by atoms with Crippen LogP contribution < -0.4 is 0 Å². The van der Waals surface area contributed by atoms with Gasteiger partial charge in [-0.1, -0.05) is 0 Å². The van der Waals surface area contributed by atoms with Gasteiger partial charge in [0.25, 0.3) is 0 Å². The molecule has 0 atom stereocenters. The third-order valence-electron chi connectivity index (χ3n) is 2.35. The molecule has 4 heterocycles. The first-order chi connectivity index (χ1) is 6.39. The number of rotatable bonds is 1. The lowest BCUT2D eigenvalue weighted by atomic mass is 10.1. The number of hydrogen-bond acceptors (Lipinski definition) is 4. The van der Waals surface area contributed by atoms with Crippen LogP contribution in [0.1, 0.15) is 5.76 Å². The molecular formula is C9H10O4. The summed E-state index contributed by atoms with van der Waals surface area (Å²) in [5, 5.41) is 0. The molecule has 0 spiro atoms. The Hall–Kier alpha value is -0.840. The van der Waals surface area contributed by atoms with Crippen molar-refractivity contribution in [3.05, 3.63) is 24.2 Å². The SMILES string of the molecule is c1coc(C23OCC(CO2)CO3)c1. The molecular weight excluding hydrogens is 172 g/mol. The normalized spacial score (nSPS) is 38.0. The third kappa shape index (κ3) is 1.03. The molecule has 3 aliphatic rings. The van der Waals surface area contributed by atoms with E-state index in [1.165, 1.54) is 0 Å². The zero-order valence-electron chi connectivity index (χ0n) is 7.06. The molecule has 70 valence electrons. The Balaban J connectivity index is 1.95. The first-order valence-electron chi connectivity index (χ1n) is 4.35. The highest BCUT2D eigenvalue weighted by Crippen LogP contribution is 2.38. The first-order valence-corrected chi connectivity index (χ1v) is 4.35. The largest absolute Gasteiger partial charge is 0.461 e. The van der Waals surface area contributed by atoms with Crippen molar-refractivity contribution < 1.29 is 18.6 Å². The quantitative estimate of drug-likeness (QED) is 0.651. The molecule has 4 rings (SSSR count). The maximum absolute atomic E-state index is 5.47. The minimum Gasteiger partial charge on any atom is -0.461 e. The van der Waals surface area contributed by atoms with Crippen LogP contribution in [0.5, 0.6) is 0 Å². The minimum atomic E-state index is -1.06. The van der Waals surface area contributed by atoms with E-state index >= 15 is 0 Å². The van der Waals surface area contributed by atoms with E-state index in [2.05, 4.69) is 0 Å². The van der Waals surface area contributed by atoms with E-state index < -0.39 is 5.97 Å². The van der Waals surface area contributed by atoms with Gasteiger partial charge in [-0.05, 0) is 12.1 Å². The van der Waals surface area contributed by atoms with Crippen LogP contribution in [-0.2, 0) is 20.2 Å². The lowest BCUT2D eigenvalue weighted by Gasteiger charge is -2.43. The zero-order chi connectivity index (χ0) is 8.73. The van der Waals surface area contributed by atoms with E-state index in [0.717, 1.165) is 0 Å². The van der Waals surface area contributed by atoms with Crippen LogP contribution in [0.25, 0.3) is 0 Å². The standard InChI is InChI=1S/C9H10O4/c1-2-8(10-3-1)9-11-4-7(5-12-9)6-13-9/h1-3,7H,4-6H2. The summed E-state index contributed by atoms with van der Waals surface area (Å²) < 4.78 is 21.6. The van der Waals surface area contributed by atoms with Gasteiger partial charge in [-0.2, -0.15) is 0 Å². The molecule has 3 saturated heterocycles. The molecule has 4 nitrogen and oxygen atoms in total. The van der Waals surface area contributed by atoms with Gasteiger partial charge in [-0.3, -0.25) is 0 Å². The van der Waals surface area contributed by atoms with Gasteiger partial charge in [-0.25, -0.2) is 0 Å². The Morgan fingerprint density at radius 1 is 1.15 bits per heavy atom. The maximum atomic E-state index is 5.47. The van der Waals surface area contributed by atoms with Gasteiger partial charge in [-0.15, -0.1) is 0 Å². The summed E-state index contributed by atoms with van der Waals surface area (Å²) >= 11 is 0. The average molecular weight is 182 g/mol. The van der Waals surface area contributed by atoms with Gasteiger partial charge in [0, 0.05) is 5.92 Å². The second-order valence-corrected chi connectivity index (χ2v) is 3.33. The van der Waals surface area contributed by atoms with Gasteiger partial charge >= 0.3 is 5.97 Å². The van der Waals surface area contributed by atoms with Crippen LogP contribution >= 0.6 is 0 Å². The molecule has 1 aromatic heterocycles. The fourth-order valence-electron chi connectivity index (χ4n) is 1.62. The highest BCUT2D eigenvalue weighted by atomic mass is 16.9. The van der Waals surface area contributed by atoms with Crippen molar-refractivity contribution in [3.63, 3.8) is 0 Å². The van der Waals surface area contributed by atoms with Crippen molar-refractivity contribution in [1.82, 2.24) is 0 Å². The van der Waals surface area contributed by atoms with Crippen molar-refractivity contribution in [3.8, 4) is 0 Å². The van der Waals surface area contributed by atoms with E-state index in [1.54, 1.807) is 18.4 Å². The Bertz CT molecular complexity index is 271. The lowest BCUT2D eigenvalue weighted by Crippen LogP contribution is -2.51. The number of hydrogen-bond donors (Lipinski definition) is 0. The minimum absolute atomic E-state index is 0.372. The summed E-state index contributed by atoms with van der Waals surface area (Å²) in [6.07, 6.45) is 1.58. The second kappa shape index (κ2) is 2.57. The zero-order valence-corrected chi connectivity index (χ0v) is 7.06. The summed E-state index contributed by atoms with van der Waals surface area (Å²) in [6, 6.07) is 3.59. The fourth-order valence-corrected chi connectivity index (χ4v) is 1.62. The van der Waals surface area contributed by atoms with E-state index in [9.17, 15) is 0 Å². The summed E-state index contributed by atoms with van der Waals surface area (Å²) in [4.78, 5) is 0. The molecule has 0 N–H and O–H groups in total. The van der Waals surface area contributed by atoms with Crippen LogP contribution in [0.4, 0.5) is 0 Å². The van der Waals surface area contributed by atoms with Gasteiger partial charge in [0.15, 0.2) is 5.76 Å². The highest BCUT2D eigenvalue weighted by molar-refractivity contribution is 5.04. The van der Waals surface area contributed by atoms with Gasteiger partial charge < -0.3 is 18.6 Å². The van der Waals surface area contributed by atoms with Gasteiger partial charge in [0.05, 0.1) is 26.1 Å². The van der Waals surface area contributed by atoms with Crippen molar-refractivity contribution in [2.45, 2.75) is 5.97 Å². The summed E-state index contributed by atoms with van der Waals surface area (Å²) in [5.41, 5.74) is 0. The molecule has 0 unspecified atom stereocenters. The van der Waals surface area contributed by atoms with Gasteiger partial charge in [0.2, 0.25) is 0 Å². The lowest BCUT2D eigenvalue weighted by molar-refractivity contribution is -0.466. The van der Waals surface area contributed by atoms with E-state index in [4.69, 9.17) is 18.6 Å². The maximum Gasteiger partial charge on any atom is 0.346 e. The Morgan fingerprint density at radius 3 is 2.38 bits per heavy atom. The van der Waals surface area contributed by atoms with Crippen LogP contribution in [0.2, 0.25) is 0 Å². The molecule has 4 heteroatoms. The van der Waals surface area contributed by atoms with Crippen molar-refractivity contribution in [2.24, 2.45) is 5.92 Å². The highest BCUT2D eigenvalue weighted by Gasteiger charge is 2.48. The van der Waals surface area contributed by atoms with Gasteiger partial charge in [0.1, 0.15) is 0 Å². The summed E-state index contributed by atoms with van der Waals surface area (Å²) in [6.45, 7) is 2.04. The Morgan fingerprint density at radius 2 is 1.85 bits per heavy atom. The summed E-state index contributed by atoms with van der Waals surface area (Å²) in [5.74, 6) is -0.0967. The predicted molar refractivity (Wildman–Crippen MR) is 41.7 cm³/mol. The number of ether oxygens (including phenoxy) is 3.